The minimum Gasteiger partial charge on any atom is -0.492 e. The van der Waals surface area contributed by atoms with E-state index in [1.807, 2.05) is 82.3 Å². The molecule has 0 saturated carbocycles. The van der Waals surface area contributed by atoms with Gasteiger partial charge in [-0.3, -0.25) is 0 Å². The molecule has 0 unspecified atom stereocenters. The fraction of sp³-hybridized carbons (Fsp3) is 0.273. The molecule has 3 aromatic rings. The highest BCUT2D eigenvalue weighted by Gasteiger charge is 2.09. The first kappa shape index (κ1) is 19.5. The number of ether oxygens (including phenoxy) is 2. The van der Waals surface area contributed by atoms with Gasteiger partial charge < -0.3 is 20.1 Å². The first-order chi connectivity index (χ1) is 13.5. The zero-order valence-corrected chi connectivity index (χ0v) is 16.7. The van der Waals surface area contributed by atoms with Crippen molar-refractivity contribution in [1.82, 2.24) is 9.97 Å². The highest BCUT2D eigenvalue weighted by molar-refractivity contribution is 5.69. The van der Waals surface area contributed by atoms with Crippen LogP contribution in [-0.4, -0.2) is 22.7 Å². The van der Waals surface area contributed by atoms with Crippen LogP contribution in [0.4, 0.5) is 23.0 Å². The summed E-state index contributed by atoms with van der Waals surface area (Å²) in [5.74, 6) is 3.59. The Balaban J connectivity index is 1.85. The molecule has 28 heavy (non-hydrogen) atoms. The molecule has 0 aliphatic heterocycles. The Morgan fingerprint density at radius 2 is 1.39 bits per heavy atom. The predicted octanol–water partition coefficient (Wildman–Crippen LogP) is 5.46. The maximum atomic E-state index is 5.88. The summed E-state index contributed by atoms with van der Waals surface area (Å²) in [7, 11) is 0. The van der Waals surface area contributed by atoms with Gasteiger partial charge in [0.25, 0.3) is 0 Å². The summed E-state index contributed by atoms with van der Waals surface area (Å²) in [5, 5.41) is 6.66. The zero-order chi connectivity index (χ0) is 19.9. The molecule has 1 aromatic heterocycles. The third kappa shape index (κ3) is 5.13. The highest BCUT2D eigenvalue weighted by Crippen LogP contribution is 2.30. The van der Waals surface area contributed by atoms with Crippen LogP contribution in [-0.2, 0) is 0 Å². The maximum absolute atomic E-state index is 5.88. The monoisotopic (exact) mass is 378 g/mol. The van der Waals surface area contributed by atoms with Gasteiger partial charge in [0.15, 0.2) is 0 Å². The van der Waals surface area contributed by atoms with E-state index in [9.17, 15) is 0 Å². The van der Waals surface area contributed by atoms with Crippen molar-refractivity contribution in [2.45, 2.75) is 33.8 Å². The molecule has 1 heterocycles. The van der Waals surface area contributed by atoms with Gasteiger partial charge in [-0.2, -0.15) is 0 Å². The summed E-state index contributed by atoms with van der Waals surface area (Å²) in [4.78, 5) is 8.99. The number of nitrogens with one attached hydrogen (secondary N) is 2. The Hall–Kier alpha value is -3.28. The molecule has 3 rings (SSSR count). The number of hydrogen-bond acceptors (Lipinski definition) is 6. The Morgan fingerprint density at radius 3 is 1.96 bits per heavy atom. The van der Waals surface area contributed by atoms with E-state index in [1.165, 1.54) is 0 Å². The zero-order valence-electron chi connectivity index (χ0n) is 16.7. The summed E-state index contributed by atoms with van der Waals surface area (Å²) >= 11 is 0. The van der Waals surface area contributed by atoms with Gasteiger partial charge in [0, 0.05) is 6.07 Å². The fourth-order valence-electron chi connectivity index (χ4n) is 2.75. The van der Waals surface area contributed by atoms with Gasteiger partial charge in [0.1, 0.15) is 29.0 Å². The van der Waals surface area contributed by atoms with Crippen molar-refractivity contribution in [3.8, 4) is 11.5 Å². The van der Waals surface area contributed by atoms with Gasteiger partial charge in [-0.1, -0.05) is 24.3 Å². The molecular weight excluding hydrogens is 352 g/mol. The minimum absolute atomic E-state index is 0.0855. The molecule has 0 aliphatic carbocycles. The van der Waals surface area contributed by atoms with Gasteiger partial charge in [0.05, 0.1) is 24.1 Å². The van der Waals surface area contributed by atoms with Gasteiger partial charge in [0.2, 0.25) is 0 Å². The van der Waals surface area contributed by atoms with Crippen LogP contribution in [0.3, 0.4) is 0 Å². The molecule has 0 aliphatic rings. The Morgan fingerprint density at radius 1 is 0.857 bits per heavy atom. The van der Waals surface area contributed by atoms with Gasteiger partial charge in [-0.05, 0) is 52.0 Å². The molecule has 6 nitrogen and oxygen atoms in total. The van der Waals surface area contributed by atoms with E-state index in [0.717, 1.165) is 22.9 Å². The van der Waals surface area contributed by atoms with Crippen LogP contribution in [0.1, 0.15) is 26.6 Å². The average Bonchev–Trinajstić information content (AvgIpc) is 2.64. The SMILES string of the molecule is CCOc1ccccc1Nc1cc(Nc2ccccc2OC(C)C)nc(C)n1. The molecule has 0 fully saturated rings. The molecular formula is C22H26N4O2. The average molecular weight is 378 g/mol. The molecule has 146 valence electrons. The van der Waals surface area contributed by atoms with Crippen molar-refractivity contribution in [1.29, 1.82) is 0 Å². The topological polar surface area (TPSA) is 68.3 Å². The van der Waals surface area contributed by atoms with E-state index in [2.05, 4.69) is 20.6 Å². The summed E-state index contributed by atoms with van der Waals surface area (Å²) in [6, 6.07) is 17.5. The molecule has 2 N–H and O–H groups in total. The molecule has 2 aromatic carbocycles. The standard InChI is InChI=1S/C22H26N4O2/c1-5-27-19-12-8-6-10-17(19)25-21-14-22(24-16(4)23-21)26-18-11-7-9-13-20(18)28-15(2)3/h6-15H,5H2,1-4H3,(H2,23,24,25,26). The van der Waals surface area contributed by atoms with Gasteiger partial charge in [-0.15, -0.1) is 0 Å². The number of para-hydroxylation sites is 4. The van der Waals surface area contributed by atoms with Crippen molar-refractivity contribution in [3.63, 3.8) is 0 Å². The third-order valence-corrected chi connectivity index (χ3v) is 3.80. The fourth-order valence-corrected chi connectivity index (χ4v) is 2.75. The number of nitrogens with zero attached hydrogens (tertiary/aromatic N) is 2. The number of rotatable bonds is 8. The normalized spacial score (nSPS) is 10.6. The van der Waals surface area contributed by atoms with Crippen LogP contribution >= 0.6 is 0 Å². The number of benzene rings is 2. The second-order valence-corrected chi connectivity index (χ2v) is 6.53. The quantitative estimate of drug-likeness (QED) is 0.543. The molecule has 0 spiro atoms. The second kappa shape index (κ2) is 9.08. The minimum atomic E-state index is 0.0855. The van der Waals surface area contributed by atoms with Gasteiger partial charge in [-0.25, -0.2) is 9.97 Å². The van der Waals surface area contributed by atoms with E-state index in [4.69, 9.17) is 9.47 Å². The van der Waals surface area contributed by atoms with Gasteiger partial charge >= 0.3 is 0 Å². The Kier molecular flexibility index (Phi) is 6.32. The molecule has 0 bridgehead atoms. The van der Waals surface area contributed by atoms with E-state index in [1.54, 1.807) is 0 Å². The summed E-state index contributed by atoms with van der Waals surface area (Å²) < 4.78 is 11.6. The number of aryl methyl sites for hydroxylation is 1. The third-order valence-electron chi connectivity index (χ3n) is 3.80. The van der Waals surface area contributed by atoms with E-state index < -0.39 is 0 Å². The van der Waals surface area contributed by atoms with Crippen LogP contribution in [0.25, 0.3) is 0 Å². The molecule has 0 amide bonds. The molecule has 0 saturated heterocycles. The lowest BCUT2D eigenvalue weighted by Gasteiger charge is -2.16. The number of hydrogen-bond donors (Lipinski definition) is 2. The van der Waals surface area contributed by atoms with Crippen molar-refractivity contribution >= 4 is 23.0 Å². The summed E-state index contributed by atoms with van der Waals surface area (Å²) in [6.07, 6.45) is 0.0855. The first-order valence-electron chi connectivity index (χ1n) is 9.42. The van der Waals surface area contributed by atoms with Crippen LogP contribution in [0.15, 0.2) is 54.6 Å². The largest absolute Gasteiger partial charge is 0.492 e. The van der Waals surface area contributed by atoms with Crippen molar-refractivity contribution in [2.24, 2.45) is 0 Å². The lowest BCUT2D eigenvalue weighted by atomic mass is 10.2. The molecule has 0 atom stereocenters. The van der Waals surface area contributed by atoms with Crippen molar-refractivity contribution in [3.05, 3.63) is 60.4 Å². The molecule has 6 heteroatoms. The second-order valence-electron chi connectivity index (χ2n) is 6.53. The van der Waals surface area contributed by atoms with Crippen LogP contribution < -0.4 is 20.1 Å². The van der Waals surface area contributed by atoms with Crippen LogP contribution in [0.5, 0.6) is 11.5 Å². The summed E-state index contributed by atoms with van der Waals surface area (Å²) in [6.45, 7) is 8.43. The lowest BCUT2D eigenvalue weighted by molar-refractivity contribution is 0.244. The van der Waals surface area contributed by atoms with E-state index in [0.29, 0.717) is 24.1 Å². The van der Waals surface area contributed by atoms with Crippen molar-refractivity contribution in [2.75, 3.05) is 17.2 Å². The number of anilines is 4. The Labute approximate surface area is 166 Å². The highest BCUT2D eigenvalue weighted by atomic mass is 16.5. The van der Waals surface area contributed by atoms with Crippen LogP contribution in [0, 0.1) is 6.92 Å². The number of aromatic nitrogens is 2. The van der Waals surface area contributed by atoms with E-state index >= 15 is 0 Å². The van der Waals surface area contributed by atoms with Crippen LogP contribution in [0.2, 0.25) is 0 Å². The Bertz CT molecular complexity index is 928. The smallest absolute Gasteiger partial charge is 0.143 e. The predicted molar refractivity (Wildman–Crippen MR) is 113 cm³/mol. The maximum Gasteiger partial charge on any atom is 0.143 e. The lowest BCUT2D eigenvalue weighted by Crippen LogP contribution is -2.08. The van der Waals surface area contributed by atoms with Crippen molar-refractivity contribution < 1.29 is 9.47 Å². The first-order valence-corrected chi connectivity index (χ1v) is 9.42. The molecule has 0 radical (unpaired) electrons. The van der Waals surface area contributed by atoms with E-state index in [-0.39, 0.29) is 6.10 Å². The summed E-state index contributed by atoms with van der Waals surface area (Å²) in [5.41, 5.74) is 1.71.